The lowest BCUT2D eigenvalue weighted by Gasteiger charge is -2.27. The Morgan fingerprint density at radius 1 is 1.28 bits per heavy atom. The Morgan fingerprint density at radius 2 is 2.00 bits per heavy atom. The molecule has 1 saturated carbocycles. The third kappa shape index (κ3) is 1.82. The van der Waals surface area contributed by atoms with Crippen LogP contribution in [0.2, 0.25) is 0 Å². The molecule has 0 amide bonds. The van der Waals surface area contributed by atoms with Crippen LogP contribution in [-0.2, 0) is 5.41 Å². The summed E-state index contributed by atoms with van der Waals surface area (Å²) >= 11 is 0. The summed E-state index contributed by atoms with van der Waals surface area (Å²) in [6, 6.07) is 8.36. The second kappa shape index (κ2) is 4.89. The third-order valence-corrected chi connectivity index (χ3v) is 4.15. The molecule has 2 unspecified atom stereocenters. The molecule has 1 aliphatic carbocycles. The van der Waals surface area contributed by atoms with Crippen molar-refractivity contribution in [2.24, 2.45) is 5.92 Å². The Labute approximate surface area is 108 Å². The second-order valence-electron chi connectivity index (χ2n) is 4.95. The second-order valence-corrected chi connectivity index (χ2v) is 4.95. The fourth-order valence-corrected chi connectivity index (χ4v) is 2.95. The Balaban J connectivity index is 2.48. The van der Waals surface area contributed by atoms with E-state index in [-0.39, 0.29) is 5.41 Å². The first-order valence-corrected chi connectivity index (χ1v) is 6.31. The molecule has 0 aromatic heterocycles. The topological polar surface area (TPSA) is 42.2 Å². The van der Waals surface area contributed by atoms with Crippen molar-refractivity contribution < 1.29 is 9.47 Å². The number of benzene rings is 1. The minimum absolute atomic E-state index is 0.362. The maximum Gasteiger partial charge on any atom is 0.161 e. The Bertz CT molecular complexity index is 478. The summed E-state index contributed by atoms with van der Waals surface area (Å²) < 4.78 is 10.6. The first-order chi connectivity index (χ1) is 8.67. The molecule has 0 radical (unpaired) electrons. The van der Waals surface area contributed by atoms with Gasteiger partial charge in [-0.05, 0) is 36.5 Å². The number of rotatable bonds is 3. The molecule has 1 aromatic carbocycles. The fourth-order valence-electron chi connectivity index (χ4n) is 2.95. The van der Waals surface area contributed by atoms with E-state index in [0.717, 1.165) is 24.8 Å². The Hall–Kier alpha value is -1.69. The summed E-state index contributed by atoms with van der Waals surface area (Å²) in [5.41, 5.74) is 0.687. The van der Waals surface area contributed by atoms with E-state index in [9.17, 15) is 5.26 Å². The number of nitriles is 1. The molecule has 1 aliphatic rings. The van der Waals surface area contributed by atoms with Crippen molar-refractivity contribution in [1.29, 1.82) is 5.26 Å². The monoisotopic (exact) mass is 245 g/mol. The van der Waals surface area contributed by atoms with Gasteiger partial charge in [0.25, 0.3) is 0 Å². The lowest BCUT2D eigenvalue weighted by Crippen LogP contribution is -2.26. The van der Waals surface area contributed by atoms with Crippen LogP contribution in [0.3, 0.4) is 0 Å². The van der Waals surface area contributed by atoms with E-state index >= 15 is 0 Å². The van der Waals surface area contributed by atoms with Gasteiger partial charge in [0.2, 0.25) is 0 Å². The highest BCUT2D eigenvalue weighted by Crippen LogP contribution is 2.46. The zero-order chi connectivity index (χ0) is 13.2. The average Bonchev–Trinajstić information content (AvgIpc) is 2.80. The van der Waals surface area contributed by atoms with Gasteiger partial charge in [0.15, 0.2) is 11.5 Å². The molecule has 0 N–H and O–H groups in total. The van der Waals surface area contributed by atoms with Crippen LogP contribution >= 0.6 is 0 Å². The smallest absolute Gasteiger partial charge is 0.161 e. The highest BCUT2D eigenvalue weighted by molar-refractivity contribution is 5.47. The molecule has 2 atom stereocenters. The molecule has 0 aliphatic heterocycles. The van der Waals surface area contributed by atoms with Gasteiger partial charge in [0, 0.05) is 0 Å². The van der Waals surface area contributed by atoms with Crippen LogP contribution < -0.4 is 9.47 Å². The molecule has 0 saturated heterocycles. The summed E-state index contributed by atoms with van der Waals surface area (Å²) in [6.07, 6.45) is 3.16. The molecule has 96 valence electrons. The first-order valence-electron chi connectivity index (χ1n) is 6.31. The minimum atomic E-state index is -0.362. The van der Waals surface area contributed by atoms with Gasteiger partial charge in [0.1, 0.15) is 0 Å². The van der Waals surface area contributed by atoms with Crippen LogP contribution in [0.4, 0.5) is 0 Å². The van der Waals surface area contributed by atoms with Crippen LogP contribution in [0.5, 0.6) is 11.5 Å². The van der Waals surface area contributed by atoms with E-state index in [2.05, 4.69) is 13.0 Å². The van der Waals surface area contributed by atoms with Gasteiger partial charge in [-0.2, -0.15) is 5.26 Å². The predicted octanol–water partition coefficient (Wildman–Crippen LogP) is 3.29. The SMILES string of the molecule is COc1ccc(C2(C#N)CCCC2C)cc1OC. The van der Waals surface area contributed by atoms with E-state index < -0.39 is 0 Å². The van der Waals surface area contributed by atoms with Gasteiger partial charge >= 0.3 is 0 Å². The minimum Gasteiger partial charge on any atom is -0.493 e. The molecule has 2 rings (SSSR count). The van der Waals surface area contributed by atoms with Crippen LogP contribution in [0, 0.1) is 17.2 Å². The van der Waals surface area contributed by atoms with Crippen LogP contribution in [0.1, 0.15) is 31.7 Å². The van der Waals surface area contributed by atoms with Crippen molar-refractivity contribution in [2.75, 3.05) is 14.2 Å². The van der Waals surface area contributed by atoms with E-state index in [1.54, 1.807) is 14.2 Å². The molecule has 3 nitrogen and oxygen atoms in total. The van der Waals surface area contributed by atoms with E-state index in [4.69, 9.17) is 9.47 Å². The molecular weight excluding hydrogens is 226 g/mol. The molecular formula is C15H19NO2. The van der Waals surface area contributed by atoms with Gasteiger partial charge in [-0.1, -0.05) is 19.4 Å². The Kier molecular flexibility index (Phi) is 3.47. The van der Waals surface area contributed by atoms with Crippen LogP contribution in [0.25, 0.3) is 0 Å². The van der Waals surface area contributed by atoms with Crippen molar-refractivity contribution in [3.8, 4) is 17.6 Å². The molecule has 3 heteroatoms. The van der Waals surface area contributed by atoms with E-state index in [1.807, 2.05) is 18.2 Å². The highest BCUT2D eigenvalue weighted by atomic mass is 16.5. The van der Waals surface area contributed by atoms with Gasteiger partial charge in [-0.15, -0.1) is 0 Å². The average molecular weight is 245 g/mol. The maximum atomic E-state index is 9.61. The largest absolute Gasteiger partial charge is 0.493 e. The van der Waals surface area contributed by atoms with Crippen LogP contribution in [-0.4, -0.2) is 14.2 Å². The van der Waals surface area contributed by atoms with E-state index in [1.165, 1.54) is 0 Å². The molecule has 1 aromatic rings. The van der Waals surface area contributed by atoms with Crippen molar-refractivity contribution >= 4 is 0 Å². The van der Waals surface area contributed by atoms with E-state index in [0.29, 0.717) is 17.4 Å². The third-order valence-electron chi connectivity index (χ3n) is 4.15. The summed E-state index contributed by atoms with van der Waals surface area (Å²) in [4.78, 5) is 0. The van der Waals surface area contributed by atoms with Crippen molar-refractivity contribution in [3.05, 3.63) is 23.8 Å². The van der Waals surface area contributed by atoms with Gasteiger partial charge in [-0.3, -0.25) is 0 Å². The normalized spacial score (nSPS) is 26.7. The predicted molar refractivity (Wildman–Crippen MR) is 69.9 cm³/mol. The summed E-state index contributed by atoms with van der Waals surface area (Å²) in [5, 5.41) is 9.61. The molecule has 0 heterocycles. The summed E-state index contributed by atoms with van der Waals surface area (Å²) in [6.45, 7) is 2.16. The fraction of sp³-hybridized carbons (Fsp3) is 0.533. The quantitative estimate of drug-likeness (QED) is 0.820. The standard InChI is InChI=1S/C15H19NO2/c1-11-5-4-8-15(11,10-16)12-6-7-13(17-2)14(9-12)18-3/h6-7,9,11H,4-5,8H2,1-3H3. The zero-order valence-corrected chi connectivity index (χ0v) is 11.2. The van der Waals surface area contributed by atoms with Gasteiger partial charge in [0.05, 0.1) is 25.7 Å². The number of methoxy groups -OCH3 is 2. The zero-order valence-electron chi connectivity index (χ0n) is 11.2. The van der Waals surface area contributed by atoms with Gasteiger partial charge < -0.3 is 9.47 Å². The maximum absolute atomic E-state index is 9.61. The molecule has 0 spiro atoms. The lowest BCUT2D eigenvalue weighted by atomic mass is 9.74. The summed E-state index contributed by atoms with van der Waals surface area (Å²) in [7, 11) is 3.24. The number of ether oxygens (including phenoxy) is 2. The number of hydrogen-bond acceptors (Lipinski definition) is 3. The summed E-state index contributed by atoms with van der Waals surface area (Å²) in [5.74, 6) is 1.80. The van der Waals surface area contributed by atoms with Crippen molar-refractivity contribution in [2.45, 2.75) is 31.6 Å². The van der Waals surface area contributed by atoms with Crippen molar-refractivity contribution in [3.63, 3.8) is 0 Å². The molecule has 18 heavy (non-hydrogen) atoms. The van der Waals surface area contributed by atoms with Crippen molar-refractivity contribution in [1.82, 2.24) is 0 Å². The number of hydrogen-bond donors (Lipinski definition) is 0. The molecule has 0 bridgehead atoms. The van der Waals surface area contributed by atoms with Crippen LogP contribution in [0.15, 0.2) is 18.2 Å². The Morgan fingerprint density at radius 3 is 2.50 bits per heavy atom. The van der Waals surface area contributed by atoms with Gasteiger partial charge in [-0.25, -0.2) is 0 Å². The highest BCUT2D eigenvalue weighted by Gasteiger charge is 2.42. The first kappa shape index (κ1) is 12.8. The molecule has 1 fully saturated rings. The lowest BCUT2D eigenvalue weighted by molar-refractivity contribution is 0.352. The number of nitrogens with zero attached hydrogens (tertiary/aromatic N) is 1.